The van der Waals surface area contributed by atoms with Gasteiger partial charge in [0.05, 0.1) is 6.10 Å². The highest BCUT2D eigenvalue weighted by Gasteiger charge is 2.59. The van der Waals surface area contributed by atoms with Gasteiger partial charge in [-0.15, -0.1) is 0 Å². The van der Waals surface area contributed by atoms with Gasteiger partial charge in [-0.1, -0.05) is 163 Å². The highest BCUT2D eigenvalue weighted by atomic mass is 16.7. The summed E-state index contributed by atoms with van der Waals surface area (Å²) in [6.45, 7) is 17.0. The first-order valence-corrected chi connectivity index (χ1v) is 26.0. The summed E-state index contributed by atoms with van der Waals surface area (Å²) in [6, 6.07) is 0. The van der Waals surface area contributed by atoms with Gasteiger partial charge in [0.2, 0.25) is 0 Å². The Morgan fingerprint density at radius 1 is 0.767 bits per heavy atom. The Kier molecular flexibility index (Phi) is 20.3. The van der Waals surface area contributed by atoms with Gasteiger partial charge >= 0.3 is 5.97 Å². The summed E-state index contributed by atoms with van der Waals surface area (Å²) >= 11 is 0. The zero-order valence-electron chi connectivity index (χ0n) is 39.9. The molecule has 0 aromatic carbocycles. The van der Waals surface area contributed by atoms with E-state index in [1.165, 1.54) is 128 Å². The Morgan fingerprint density at radius 3 is 2.02 bits per heavy atom. The Balaban J connectivity index is 1.01. The number of carbonyl (C=O) groups excluding carboxylic acids is 1. The summed E-state index contributed by atoms with van der Waals surface area (Å²) in [5.74, 6) is 5.24. The van der Waals surface area contributed by atoms with E-state index in [4.69, 9.17) is 14.2 Å². The summed E-state index contributed by atoms with van der Waals surface area (Å²) in [5, 5.41) is 32.6. The molecule has 4 fully saturated rings. The van der Waals surface area contributed by atoms with Gasteiger partial charge in [0.1, 0.15) is 31.0 Å². The predicted molar refractivity (Wildman–Crippen MR) is 244 cm³/mol. The van der Waals surface area contributed by atoms with Crippen LogP contribution in [0.2, 0.25) is 0 Å². The Hall–Kier alpha value is -0.990. The molecule has 0 aromatic rings. The fourth-order valence-corrected chi connectivity index (χ4v) is 13.7. The number of aliphatic hydroxyl groups excluding tert-OH is 3. The van der Waals surface area contributed by atoms with Crippen molar-refractivity contribution in [3.8, 4) is 0 Å². The zero-order chi connectivity index (χ0) is 43.3. The van der Waals surface area contributed by atoms with Crippen molar-refractivity contribution in [3.63, 3.8) is 0 Å². The van der Waals surface area contributed by atoms with Crippen molar-refractivity contribution in [1.82, 2.24) is 0 Å². The third-order valence-corrected chi connectivity index (χ3v) is 17.7. The molecule has 14 atom stereocenters. The minimum Gasteiger partial charge on any atom is -0.463 e. The number of rotatable bonds is 26. The molecule has 0 amide bonds. The maximum Gasteiger partial charge on any atom is 0.305 e. The lowest BCUT2D eigenvalue weighted by Crippen LogP contribution is -2.60. The average molecular weight is 843 g/mol. The number of esters is 1. The number of hydrogen-bond donors (Lipinski definition) is 3. The lowest BCUT2D eigenvalue weighted by Gasteiger charge is -2.58. The summed E-state index contributed by atoms with van der Waals surface area (Å²) in [5.41, 5.74) is 2.13. The molecular formula is C53H94O7. The van der Waals surface area contributed by atoms with Crippen LogP contribution in [0.4, 0.5) is 0 Å². The molecule has 0 spiro atoms. The molecule has 1 aliphatic heterocycles. The maximum atomic E-state index is 12.6. The lowest BCUT2D eigenvalue weighted by molar-refractivity contribution is -0.313. The number of fused-ring (bicyclic) bond motifs is 5. The monoisotopic (exact) mass is 843 g/mol. The van der Waals surface area contributed by atoms with Gasteiger partial charge in [0, 0.05) is 6.42 Å². The van der Waals surface area contributed by atoms with E-state index in [1.807, 2.05) is 0 Å². The summed E-state index contributed by atoms with van der Waals surface area (Å²) in [7, 11) is 0. The SMILES string of the molecule is CCCCCCCCCCCCCCCCCC(=O)OCC1O[C@@H](O[C@H]2CC[C@@]3(C)C(=CC[C@H]4[C@@H]5CC[C@H]([C@H](C)CC[C@@H](CC)C(C)C)[C@@]5(C)CC[C@@H]43)C2)C(O)C(O)[C@@H]1O. The number of hydrogen-bond acceptors (Lipinski definition) is 7. The zero-order valence-corrected chi connectivity index (χ0v) is 39.9. The second-order valence-electron chi connectivity index (χ2n) is 21.9. The van der Waals surface area contributed by atoms with E-state index < -0.39 is 30.7 Å². The molecule has 0 bridgehead atoms. The second-order valence-corrected chi connectivity index (χ2v) is 21.9. The fourth-order valence-electron chi connectivity index (χ4n) is 13.7. The number of aliphatic hydroxyl groups is 3. The van der Waals surface area contributed by atoms with Crippen molar-refractivity contribution < 1.29 is 34.3 Å². The van der Waals surface area contributed by atoms with Crippen LogP contribution < -0.4 is 0 Å². The van der Waals surface area contributed by atoms with Gasteiger partial charge in [0.15, 0.2) is 6.29 Å². The van der Waals surface area contributed by atoms with E-state index in [0.29, 0.717) is 17.8 Å². The van der Waals surface area contributed by atoms with Crippen LogP contribution in [0.25, 0.3) is 0 Å². The van der Waals surface area contributed by atoms with Crippen molar-refractivity contribution in [2.45, 2.75) is 259 Å². The maximum absolute atomic E-state index is 12.6. The number of unbranched alkanes of at least 4 members (excludes halogenated alkanes) is 14. The highest BCUT2D eigenvalue weighted by Crippen LogP contribution is 2.67. The predicted octanol–water partition coefficient (Wildman–Crippen LogP) is 12.7. The third kappa shape index (κ3) is 12.8. The molecule has 7 heteroatoms. The molecule has 3 unspecified atom stereocenters. The summed E-state index contributed by atoms with van der Waals surface area (Å²) in [4.78, 5) is 12.6. The minimum atomic E-state index is -1.44. The van der Waals surface area contributed by atoms with Gasteiger partial charge in [-0.05, 0) is 116 Å². The van der Waals surface area contributed by atoms with E-state index >= 15 is 0 Å². The first kappa shape index (κ1) is 50.0. The van der Waals surface area contributed by atoms with Gasteiger partial charge in [-0.2, -0.15) is 0 Å². The van der Waals surface area contributed by atoms with Crippen LogP contribution in [-0.2, 0) is 19.0 Å². The van der Waals surface area contributed by atoms with Crippen molar-refractivity contribution in [3.05, 3.63) is 11.6 Å². The number of allylic oxidation sites excluding steroid dienone is 1. The molecule has 5 aliphatic rings. The molecule has 7 nitrogen and oxygen atoms in total. The lowest BCUT2D eigenvalue weighted by atomic mass is 9.47. The van der Waals surface area contributed by atoms with Crippen molar-refractivity contribution in [1.29, 1.82) is 0 Å². The molecule has 60 heavy (non-hydrogen) atoms. The van der Waals surface area contributed by atoms with Crippen LogP contribution in [0.1, 0.15) is 222 Å². The van der Waals surface area contributed by atoms with Gasteiger partial charge in [-0.3, -0.25) is 4.79 Å². The third-order valence-electron chi connectivity index (χ3n) is 17.7. The van der Waals surface area contributed by atoms with Crippen LogP contribution in [0.15, 0.2) is 11.6 Å². The molecule has 4 aliphatic carbocycles. The highest BCUT2D eigenvalue weighted by molar-refractivity contribution is 5.69. The van der Waals surface area contributed by atoms with Crippen molar-refractivity contribution in [2.24, 2.45) is 52.3 Å². The Labute approximate surface area is 368 Å². The van der Waals surface area contributed by atoms with Gasteiger partial charge in [0.25, 0.3) is 0 Å². The van der Waals surface area contributed by atoms with E-state index in [0.717, 1.165) is 80.5 Å². The molecule has 1 saturated heterocycles. The Morgan fingerprint density at radius 2 is 1.40 bits per heavy atom. The first-order chi connectivity index (χ1) is 28.8. The van der Waals surface area contributed by atoms with Crippen LogP contribution in [0.5, 0.6) is 0 Å². The standard InChI is InChI=1S/C53H94O7/c1-8-10-11-12-13-14-15-16-17-18-19-20-21-22-23-24-47(54)58-36-46-48(55)49(56)50(57)51(60-46)59-41-31-33-52(6)40(35-41)27-28-42-44-30-29-43(53(44,7)34-32-45(42)52)38(5)25-26-39(9-2)37(3)4/h27,37-39,41-46,48-51,55-57H,8-26,28-36H2,1-7H3/t38-,39-,41+,42+,43-,44+,45+,46?,48-,49?,50?,51-,52+,53-/m1/s1. The van der Waals surface area contributed by atoms with Crippen LogP contribution in [-0.4, -0.2) is 64.7 Å². The minimum absolute atomic E-state index is 0.139. The fraction of sp³-hybridized carbons (Fsp3) is 0.943. The molecule has 1 heterocycles. The number of ether oxygens (including phenoxy) is 3. The molecule has 3 saturated carbocycles. The molecular weight excluding hydrogens is 749 g/mol. The molecule has 0 aromatic heterocycles. The average Bonchev–Trinajstić information content (AvgIpc) is 3.59. The number of carbonyl (C=O) groups is 1. The van der Waals surface area contributed by atoms with Crippen LogP contribution in [0.3, 0.4) is 0 Å². The molecule has 3 N–H and O–H groups in total. The second kappa shape index (κ2) is 24.3. The van der Waals surface area contributed by atoms with E-state index in [9.17, 15) is 20.1 Å². The van der Waals surface area contributed by atoms with E-state index in [2.05, 4.69) is 54.5 Å². The van der Waals surface area contributed by atoms with Crippen LogP contribution in [0, 0.1) is 52.3 Å². The topological polar surface area (TPSA) is 105 Å². The van der Waals surface area contributed by atoms with Crippen LogP contribution >= 0.6 is 0 Å². The van der Waals surface area contributed by atoms with Gasteiger partial charge in [-0.25, -0.2) is 0 Å². The largest absolute Gasteiger partial charge is 0.463 e. The van der Waals surface area contributed by atoms with Gasteiger partial charge < -0.3 is 29.5 Å². The first-order valence-electron chi connectivity index (χ1n) is 26.0. The Bertz CT molecular complexity index is 1280. The van der Waals surface area contributed by atoms with Crippen molar-refractivity contribution in [2.75, 3.05) is 6.61 Å². The molecule has 5 rings (SSSR count). The smallest absolute Gasteiger partial charge is 0.305 e. The summed E-state index contributed by atoms with van der Waals surface area (Å²) in [6.07, 6.45) is 29.0. The van der Waals surface area contributed by atoms with E-state index in [1.54, 1.807) is 0 Å². The molecule has 348 valence electrons. The van der Waals surface area contributed by atoms with Crippen molar-refractivity contribution >= 4 is 5.97 Å². The quantitative estimate of drug-likeness (QED) is 0.0452. The summed E-state index contributed by atoms with van der Waals surface area (Å²) < 4.78 is 18.1. The molecule has 0 radical (unpaired) electrons. The normalized spacial score (nSPS) is 36.3. The van der Waals surface area contributed by atoms with E-state index in [-0.39, 0.29) is 24.1 Å².